The molecule has 1 saturated heterocycles. The van der Waals surface area contributed by atoms with E-state index < -0.39 is 0 Å². The van der Waals surface area contributed by atoms with Gasteiger partial charge in [-0.25, -0.2) is 0 Å². The molecule has 8 heteroatoms. The summed E-state index contributed by atoms with van der Waals surface area (Å²) in [4.78, 5) is 17.4. The van der Waals surface area contributed by atoms with Crippen molar-refractivity contribution < 1.29 is 4.74 Å². The maximum Gasteiger partial charge on any atom is 0.232 e. The van der Waals surface area contributed by atoms with Crippen molar-refractivity contribution in [1.29, 1.82) is 0 Å². The standard InChI is InChI=1S/C13H18N6OS/c1-9-2-3-10(21-9)8-15-12-16-11(14)17-13(18-12)19-4-6-20-7-5-19/h2-3H,4-8H2,1H3,(H3,14,15,16,17,18). The van der Waals surface area contributed by atoms with E-state index in [1.54, 1.807) is 11.3 Å². The van der Waals surface area contributed by atoms with Gasteiger partial charge in [-0.15, -0.1) is 11.3 Å². The Balaban J connectivity index is 1.71. The van der Waals surface area contributed by atoms with Gasteiger partial charge >= 0.3 is 0 Å². The summed E-state index contributed by atoms with van der Waals surface area (Å²) in [5.74, 6) is 1.35. The van der Waals surface area contributed by atoms with Gasteiger partial charge in [-0.2, -0.15) is 15.0 Å². The van der Waals surface area contributed by atoms with Crippen LogP contribution in [0, 0.1) is 6.92 Å². The molecule has 2 aromatic heterocycles. The molecule has 0 aromatic carbocycles. The number of ether oxygens (including phenoxy) is 1. The third-order valence-corrected chi connectivity index (χ3v) is 4.15. The van der Waals surface area contributed by atoms with Crippen LogP contribution in [0.15, 0.2) is 12.1 Å². The van der Waals surface area contributed by atoms with Crippen LogP contribution in [0.1, 0.15) is 9.75 Å². The Kier molecular flexibility index (Phi) is 4.16. The number of thiophene rings is 1. The average molecular weight is 306 g/mol. The fourth-order valence-corrected chi connectivity index (χ4v) is 2.94. The first-order valence-corrected chi connectivity index (χ1v) is 7.66. The molecule has 3 rings (SSSR count). The van der Waals surface area contributed by atoms with Gasteiger partial charge in [-0.05, 0) is 19.1 Å². The topological polar surface area (TPSA) is 89.2 Å². The molecule has 0 aliphatic carbocycles. The third-order valence-electron chi connectivity index (χ3n) is 3.15. The van der Waals surface area contributed by atoms with Crippen LogP contribution in [0.3, 0.4) is 0 Å². The third kappa shape index (κ3) is 3.59. The maximum atomic E-state index is 5.78. The lowest BCUT2D eigenvalue weighted by Crippen LogP contribution is -2.37. The second-order valence-corrected chi connectivity index (χ2v) is 6.16. The van der Waals surface area contributed by atoms with Crippen LogP contribution in [-0.2, 0) is 11.3 Å². The number of rotatable bonds is 4. The minimum Gasteiger partial charge on any atom is -0.378 e. The number of hydrogen-bond donors (Lipinski definition) is 2. The maximum absolute atomic E-state index is 5.78. The molecule has 3 heterocycles. The second kappa shape index (κ2) is 6.23. The SMILES string of the molecule is Cc1ccc(CNc2nc(N)nc(N3CCOCC3)n2)s1. The van der Waals surface area contributed by atoms with Crippen LogP contribution < -0.4 is 16.0 Å². The molecule has 3 N–H and O–H groups in total. The van der Waals surface area contributed by atoms with Gasteiger partial charge in [0.25, 0.3) is 0 Å². The Morgan fingerprint density at radius 1 is 1.29 bits per heavy atom. The lowest BCUT2D eigenvalue weighted by molar-refractivity contribution is 0.122. The normalized spacial score (nSPS) is 15.2. The molecule has 0 amide bonds. The lowest BCUT2D eigenvalue weighted by atomic mass is 10.4. The molecule has 7 nitrogen and oxygen atoms in total. The number of nitrogens with one attached hydrogen (secondary N) is 1. The zero-order valence-electron chi connectivity index (χ0n) is 11.9. The lowest BCUT2D eigenvalue weighted by Gasteiger charge is -2.26. The van der Waals surface area contributed by atoms with Crippen molar-refractivity contribution >= 4 is 29.2 Å². The van der Waals surface area contributed by atoms with E-state index in [4.69, 9.17) is 10.5 Å². The molecule has 112 valence electrons. The smallest absolute Gasteiger partial charge is 0.232 e. The Morgan fingerprint density at radius 3 is 2.81 bits per heavy atom. The molecule has 0 saturated carbocycles. The zero-order valence-corrected chi connectivity index (χ0v) is 12.7. The monoisotopic (exact) mass is 306 g/mol. The number of nitrogen functional groups attached to an aromatic ring is 1. The quantitative estimate of drug-likeness (QED) is 0.879. The van der Waals surface area contributed by atoms with Crippen molar-refractivity contribution in [3.05, 3.63) is 21.9 Å². The van der Waals surface area contributed by atoms with E-state index in [0.29, 0.717) is 31.7 Å². The summed E-state index contributed by atoms with van der Waals surface area (Å²) in [6.07, 6.45) is 0. The van der Waals surface area contributed by atoms with Gasteiger partial charge in [0.1, 0.15) is 0 Å². The van der Waals surface area contributed by atoms with Crippen molar-refractivity contribution in [3.8, 4) is 0 Å². The van der Waals surface area contributed by atoms with Gasteiger partial charge in [0.2, 0.25) is 17.8 Å². The number of anilines is 3. The van der Waals surface area contributed by atoms with Crippen LogP contribution in [-0.4, -0.2) is 41.3 Å². The molecule has 0 radical (unpaired) electrons. The molecule has 0 spiro atoms. The fraction of sp³-hybridized carbons (Fsp3) is 0.462. The highest BCUT2D eigenvalue weighted by Gasteiger charge is 2.15. The van der Waals surface area contributed by atoms with E-state index in [9.17, 15) is 0 Å². The van der Waals surface area contributed by atoms with Crippen molar-refractivity contribution in [3.63, 3.8) is 0 Å². The zero-order chi connectivity index (χ0) is 14.7. The Labute approximate surface area is 127 Å². The summed E-state index contributed by atoms with van der Waals surface area (Å²) in [5, 5.41) is 3.20. The molecule has 1 fully saturated rings. The van der Waals surface area contributed by atoms with Gasteiger partial charge in [-0.1, -0.05) is 0 Å². The first-order chi connectivity index (χ1) is 10.2. The van der Waals surface area contributed by atoms with Crippen molar-refractivity contribution in [2.24, 2.45) is 0 Å². The molecule has 2 aromatic rings. The van der Waals surface area contributed by atoms with E-state index in [-0.39, 0.29) is 5.95 Å². The molecule has 1 aliphatic heterocycles. The minimum absolute atomic E-state index is 0.233. The minimum atomic E-state index is 0.233. The molecule has 0 unspecified atom stereocenters. The van der Waals surface area contributed by atoms with E-state index in [1.165, 1.54) is 9.75 Å². The predicted molar refractivity (Wildman–Crippen MR) is 83.7 cm³/mol. The van der Waals surface area contributed by atoms with Crippen molar-refractivity contribution in [2.75, 3.05) is 42.3 Å². The van der Waals surface area contributed by atoms with Crippen LogP contribution in [0.4, 0.5) is 17.8 Å². The molecule has 1 aliphatic rings. The van der Waals surface area contributed by atoms with Gasteiger partial charge in [0.05, 0.1) is 19.8 Å². The van der Waals surface area contributed by atoms with Gasteiger partial charge < -0.3 is 20.7 Å². The number of nitrogens with zero attached hydrogens (tertiary/aromatic N) is 4. The number of nitrogens with two attached hydrogens (primary N) is 1. The highest BCUT2D eigenvalue weighted by Crippen LogP contribution is 2.17. The van der Waals surface area contributed by atoms with E-state index in [1.807, 2.05) is 0 Å². The van der Waals surface area contributed by atoms with Gasteiger partial charge in [0.15, 0.2) is 0 Å². The molecule has 0 bridgehead atoms. The fourth-order valence-electron chi connectivity index (χ4n) is 2.11. The van der Waals surface area contributed by atoms with Crippen LogP contribution in [0.25, 0.3) is 0 Å². The largest absolute Gasteiger partial charge is 0.378 e. The summed E-state index contributed by atoms with van der Waals surface area (Å²) in [6, 6.07) is 4.20. The average Bonchev–Trinajstić information content (AvgIpc) is 2.91. The van der Waals surface area contributed by atoms with Crippen molar-refractivity contribution in [1.82, 2.24) is 15.0 Å². The van der Waals surface area contributed by atoms with Crippen LogP contribution in [0.5, 0.6) is 0 Å². The highest BCUT2D eigenvalue weighted by molar-refractivity contribution is 7.11. The predicted octanol–water partition coefficient (Wildman–Crippen LogP) is 1.27. The first kappa shape index (κ1) is 14.0. The number of hydrogen-bond acceptors (Lipinski definition) is 8. The highest BCUT2D eigenvalue weighted by atomic mass is 32.1. The van der Waals surface area contributed by atoms with Crippen molar-refractivity contribution in [2.45, 2.75) is 13.5 Å². The summed E-state index contributed by atoms with van der Waals surface area (Å²) in [7, 11) is 0. The molecular weight excluding hydrogens is 288 g/mol. The Hall–Kier alpha value is -1.93. The number of morpholine rings is 1. The number of aryl methyl sites for hydroxylation is 1. The summed E-state index contributed by atoms with van der Waals surface area (Å²) in [6.45, 7) is 5.68. The molecule has 21 heavy (non-hydrogen) atoms. The van der Waals surface area contributed by atoms with Gasteiger partial charge in [-0.3, -0.25) is 0 Å². The van der Waals surface area contributed by atoms with Crippen LogP contribution >= 0.6 is 11.3 Å². The Morgan fingerprint density at radius 2 is 2.10 bits per heavy atom. The van der Waals surface area contributed by atoms with E-state index in [0.717, 1.165) is 13.1 Å². The molecular formula is C13H18N6OS. The molecule has 0 atom stereocenters. The Bertz CT molecular complexity index is 610. The number of aromatic nitrogens is 3. The van der Waals surface area contributed by atoms with Gasteiger partial charge in [0, 0.05) is 22.8 Å². The van der Waals surface area contributed by atoms with Crippen LogP contribution in [0.2, 0.25) is 0 Å². The van der Waals surface area contributed by atoms with E-state index in [2.05, 4.69) is 44.2 Å². The summed E-state index contributed by atoms with van der Waals surface area (Å²) >= 11 is 1.75. The summed E-state index contributed by atoms with van der Waals surface area (Å²) in [5.41, 5.74) is 5.78. The van der Waals surface area contributed by atoms with E-state index >= 15 is 0 Å². The first-order valence-electron chi connectivity index (χ1n) is 6.84. The summed E-state index contributed by atoms with van der Waals surface area (Å²) < 4.78 is 5.33. The second-order valence-electron chi connectivity index (χ2n) is 4.78.